The number of carbonyl (C=O) groups excluding carboxylic acids is 1. The highest BCUT2D eigenvalue weighted by atomic mass is 32.2. The second kappa shape index (κ2) is 10.5. The normalized spacial score (nSPS) is 10.3. The summed E-state index contributed by atoms with van der Waals surface area (Å²) in [6.45, 7) is 0. The number of hydrogen-bond acceptors (Lipinski definition) is 8. The Morgan fingerprint density at radius 2 is 1.52 bits per heavy atom. The second-order valence-electron chi connectivity index (χ2n) is 6.23. The summed E-state index contributed by atoms with van der Waals surface area (Å²) >= 11 is 1.29. The summed E-state index contributed by atoms with van der Waals surface area (Å²) in [5.74, 6) is 2.50. The van der Waals surface area contributed by atoms with Gasteiger partial charge in [0.25, 0.3) is 0 Å². The Morgan fingerprint density at radius 1 is 0.839 bits per heavy atom. The van der Waals surface area contributed by atoms with Gasteiger partial charge in [-0.2, -0.15) is 0 Å². The topological polar surface area (TPSA) is 91.8 Å². The van der Waals surface area contributed by atoms with E-state index in [1.54, 1.807) is 45.6 Å². The molecule has 1 aromatic heterocycles. The van der Waals surface area contributed by atoms with Crippen LogP contribution in [0, 0.1) is 0 Å². The van der Waals surface area contributed by atoms with Gasteiger partial charge in [-0.15, -0.1) is 10.2 Å². The van der Waals surface area contributed by atoms with Gasteiger partial charge in [-0.3, -0.25) is 4.79 Å². The van der Waals surface area contributed by atoms with Gasteiger partial charge in [0.05, 0.1) is 45.6 Å². The molecule has 0 unspecified atom stereocenters. The minimum atomic E-state index is -0.184. The monoisotopic (exact) mass is 441 g/mol. The maximum Gasteiger partial charge on any atom is 0.234 e. The fourth-order valence-corrected chi connectivity index (χ4v) is 3.39. The summed E-state index contributed by atoms with van der Waals surface area (Å²) in [7, 11) is 6.29. The molecule has 0 aliphatic carbocycles. The SMILES string of the molecule is COc1ccc(NC(=O)CSc2ccc(-c3ccc(OC)cc3OC)nn2)c(OC)c1. The van der Waals surface area contributed by atoms with Crippen LogP contribution in [0.15, 0.2) is 53.6 Å². The van der Waals surface area contributed by atoms with E-state index < -0.39 is 0 Å². The van der Waals surface area contributed by atoms with Crippen LogP contribution in [0.25, 0.3) is 11.3 Å². The summed E-state index contributed by atoms with van der Waals surface area (Å²) in [4.78, 5) is 12.3. The van der Waals surface area contributed by atoms with Gasteiger partial charge in [0.2, 0.25) is 5.91 Å². The minimum absolute atomic E-state index is 0.176. The molecule has 0 spiro atoms. The highest BCUT2D eigenvalue weighted by Crippen LogP contribution is 2.32. The minimum Gasteiger partial charge on any atom is -0.497 e. The van der Waals surface area contributed by atoms with Crippen molar-refractivity contribution in [3.8, 4) is 34.3 Å². The molecule has 0 radical (unpaired) electrons. The maximum absolute atomic E-state index is 12.3. The Kier molecular flexibility index (Phi) is 7.55. The zero-order valence-corrected chi connectivity index (χ0v) is 18.5. The predicted octanol–water partition coefficient (Wildman–Crippen LogP) is 3.91. The van der Waals surface area contributed by atoms with E-state index in [2.05, 4.69) is 15.5 Å². The van der Waals surface area contributed by atoms with Gasteiger partial charge >= 0.3 is 0 Å². The Balaban J connectivity index is 1.63. The number of anilines is 1. The van der Waals surface area contributed by atoms with Gasteiger partial charge in [0, 0.05) is 17.7 Å². The quantitative estimate of drug-likeness (QED) is 0.500. The van der Waals surface area contributed by atoms with Gasteiger partial charge in [-0.1, -0.05) is 11.8 Å². The van der Waals surface area contributed by atoms with E-state index in [1.807, 2.05) is 24.3 Å². The number of methoxy groups -OCH3 is 4. The first-order valence-electron chi connectivity index (χ1n) is 9.28. The standard InChI is InChI=1S/C22H23N3O5S/c1-27-14-5-7-16(19(11-14)29-3)17-9-10-22(25-24-17)31-13-21(26)23-18-8-6-15(28-2)12-20(18)30-4/h5-12H,13H2,1-4H3,(H,23,26). The van der Waals surface area contributed by atoms with Crippen LogP contribution in [0.4, 0.5) is 5.69 Å². The number of nitrogens with zero attached hydrogens (tertiary/aromatic N) is 2. The molecule has 0 bridgehead atoms. The first-order valence-corrected chi connectivity index (χ1v) is 10.3. The summed E-state index contributed by atoms with van der Waals surface area (Å²) in [6, 6.07) is 14.3. The lowest BCUT2D eigenvalue weighted by Crippen LogP contribution is -2.14. The lowest BCUT2D eigenvalue weighted by molar-refractivity contribution is -0.113. The zero-order chi connectivity index (χ0) is 22.2. The number of aromatic nitrogens is 2. The van der Waals surface area contributed by atoms with Crippen molar-refractivity contribution in [1.82, 2.24) is 10.2 Å². The first-order chi connectivity index (χ1) is 15.1. The molecule has 2 aromatic carbocycles. The van der Waals surface area contributed by atoms with Crippen LogP contribution in [0.2, 0.25) is 0 Å². The van der Waals surface area contributed by atoms with Crippen LogP contribution < -0.4 is 24.3 Å². The molecule has 31 heavy (non-hydrogen) atoms. The van der Waals surface area contributed by atoms with Crippen molar-refractivity contribution < 1.29 is 23.7 Å². The molecule has 3 aromatic rings. The lowest BCUT2D eigenvalue weighted by atomic mass is 10.1. The van der Waals surface area contributed by atoms with Crippen molar-refractivity contribution >= 4 is 23.4 Å². The van der Waals surface area contributed by atoms with Crippen molar-refractivity contribution in [3.05, 3.63) is 48.5 Å². The third-order valence-electron chi connectivity index (χ3n) is 4.36. The Hall–Kier alpha value is -3.46. The molecule has 1 N–H and O–H groups in total. The van der Waals surface area contributed by atoms with Gasteiger partial charge in [0.15, 0.2) is 0 Å². The van der Waals surface area contributed by atoms with Gasteiger partial charge < -0.3 is 24.3 Å². The summed E-state index contributed by atoms with van der Waals surface area (Å²) in [6.07, 6.45) is 0. The van der Waals surface area contributed by atoms with Crippen LogP contribution in [-0.2, 0) is 4.79 Å². The van der Waals surface area contributed by atoms with Crippen LogP contribution >= 0.6 is 11.8 Å². The van der Waals surface area contributed by atoms with Crippen molar-refractivity contribution in [2.24, 2.45) is 0 Å². The average Bonchev–Trinajstić information content (AvgIpc) is 2.82. The molecule has 0 aliphatic rings. The number of nitrogens with one attached hydrogen (secondary N) is 1. The molecule has 1 heterocycles. The molecule has 0 saturated carbocycles. The molecule has 0 saturated heterocycles. The molecule has 8 nitrogen and oxygen atoms in total. The number of carbonyl (C=O) groups is 1. The van der Waals surface area contributed by atoms with Crippen molar-refractivity contribution in [2.75, 3.05) is 39.5 Å². The highest BCUT2D eigenvalue weighted by molar-refractivity contribution is 7.99. The van der Waals surface area contributed by atoms with Gasteiger partial charge in [-0.25, -0.2) is 0 Å². The third kappa shape index (κ3) is 5.58. The first kappa shape index (κ1) is 22.2. The Bertz CT molecular complexity index is 1040. The van der Waals surface area contributed by atoms with E-state index in [0.29, 0.717) is 39.4 Å². The molecule has 0 aliphatic heterocycles. The van der Waals surface area contributed by atoms with Crippen LogP contribution in [0.1, 0.15) is 0 Å². The lowest BCUT2D eigenvalue weighted by Gasteiger charge is -2.11. The number of hydrogen-bond donors (Lipinski definition) is 1. The van der Waals surface area contributed by atoms with Crippen LogP contribution in [0.3, 0.4) is 0 Å². The number of ether oxygens (including phenoxy) is 4. The molecule has 1 amide bonds. The van der Waals surface area contributed by atoms with Crippen molar-refractivity contribution in [2.45, 2.75) is 5.03 Å². The van der Waals surface area contributed by atoms with Crippen LogP contribution in [0.5, 0.6) is 23.0 Å². The fourth-order valence-electron chi connectivity index (χ4n) is 2.78. The van der Waals surface area contributed by atoms with E-state index in [-0.39, 0.29) is 11.7 Å². The summed E-state index contributed by atoms with van der Waals surface area (Å²) < 4.78 is 21.1. The predicted molar refractivity (Wildman–Crippen MR) is 119 cm³/mol. The second-order valence-corrected chi connectivity index (χ2v) is 7.22. The highest BCUT2D eigenvalue weighted by Gasteiger charge is 2.12. The zero-order valence-electron chi connectivity index (χ0n) is 17.7. The molecular formula is C22H23N3O5S. The number of benzene rings is 2. The molecule has 9 heteroatoms. The average molecular weight is 442 g/mol. The maximum atomic E-state index is 12.3. The van der Waals surface area contributed by atoms with Gasteiger partial charge in [0.1, 0.15) is 28.0 Å². The Morgan fingerprint density at radius 3 is 2.13 bits per heavy atom. The molecule has 162 valence electrons. The summed E-state index contributed by atoms with van der Waals surface area (Å²) in [5.41, 5.74) is 2.04. The van der Waals surface area contributed by atoms with Gasteiger partial charge in [-0.05, 0) is 36.4 Å². The van der Waals surface area contributed by atoms with E-state index in [9.17, 15) is 4.79 Å². The largest absolute Gasteiger partial charge is 0.497 e. The van der Waals surface area contributed by atoms with Crippen LogP contribution in [-0.4, -0.2) is 50.3 Å². The number of thioether (sulfide) groups is 1. The van der Waals surface area contributed by atoms with Crippen molar-refractivity contribution in [3.63, 3.8) is 0 Å². The van der Waals surface area contributed by atoms with E-state index in [1.165, 1.54) is 18.9 Å². The van der Waals surface area contributed by atoms with E-state index in [0.717, 1.165) is 5.56 Å². The smallest absolute Gasteiger partial charge is 0.234 e. The molecule has 0 atom stereocenters. The van der Waals surface area contributed by atoms with Crippen molar-refractivity contribution in [1.29, 1.82) is 0 Å². The third-order valence-corrected chi connectivity index (χ3v) is 5.28. The van der Waals surface area contributed by atoms with E-state index in [4.69, 9.17) is 18.9 Å². The molecule has 3 rings (SSSR count). The number of rotatable bonds is 9. The molecule has 0 fully saturated rings. The molecular weight excluding hydrogens is 418 g/mol. The fraction of sp³-hybridized carbons (Fsp3) is 0.227. The summed E-state index contributed by atoms with van der Waals surface area (Å²) in [5, 5.41) is 11.9. The van der Waals surface area contributed by atoms with E-state index >= 15 is 0 Å². The number of amides is 1. The Labute approximate surface area is 184 Å².